The summed E-state index contributed by atoms with van der Waals surface area (Å²) < 4.78 is 0. The first-order valence-electron chi connectivity index (χ1n) is 10.1. The molecule has 0 saturated heterocycles. The van der Waals surface area contributed by atoms with Crippen molar-refractivity contribution in [1.82, 2.24) is 9.88 Å². The Balaban J connectivity index is 2.09. The molecule has 1 aromatic heterocycles. The highest BCUT2D eigenvalue weighted by molar-refractivity contribution is 7.16. The number of hydrogen-bond acceptors (Lipinski definition) is 4. The van der Waals surface area contributed by atoms with E-state index < -0.39 is 0 Å². The lowest BCUT2D eigenvalue weighted by Gasteiger charge is -2.21. The number of nitrogens with zero attached hydrogens (tertiary/aromatic N) is 3. The van der Waals surface area contributed by atoms with Gasteiger partial charge < -0.3 is 4.90 Å². The minimum atomic E-state index is -0.386. The predicted octanol–water partition coefficient (Wildman–Crippen LogP) is 7.26. The van der Waals surface area contributed by atoms with Crippen molar-refractivity contribution in [1.29, 1.82) is 0 Å². The van der Waals surface area contributed by atoms with Gasteiger partial charge in [-0.05, 0) is 62.7 Å². The van der Waals surface area contributed by atoms with Gasteiger partial charge in [0.1, 0.15) is 5.69 Å². The van der Waals surface area contributed by atoms with Gasteiger partial charge in [-0.3, -0.25) is 14.5 Å². The Morgan fingerprint density at radius 3 is 2.22 bits per heavy atom. The predicted molar refractivity (Wildman–Crippen MR) is 133 cm³/mol. The van der Waals surface area contributed by atoms with E-state index in [-0.39, 0.29) is 22.4 Å². The van der Waals surface area contributed by atoms with Crippen LogP contribution in [0.3, 0.4) is 0 Å². The number of thiazole rings is 1. The van der Waals surface area contributed by atoms with Crippen LogP contribution in [0.5, 0.6) is 0 Å². The smallest absolute Gasteiger partial charge is 0.273 e. The third-order valence-corrected chi connectivity index (χ3v) is 6.55. The second kappa shape index (κ2) is 10.7. The largest absolute Gasteiger partial charge is 0.338 e. The van der Waals surface area contributed by atoms with Crippen molar-refractivity contribution >= 4 is 68.8 Å². The number of halogens is 3. The maximum atomic E-state index is 13.6. The first-order valence-corrected chi connectivity index (χ1v) is 12.0. The van der Waals surface area contributed by atoms with Crippen LogP contribution in [-0.2, 0) is 0 Å². The molecule has 0 aliphatic heterocycles. The molecular weight excluding hydrogens is 489 g/mol. The average molecular weight is 511 g/mol. The Bertz CT molecular complexity index is 1130. The van der Waals surface area contributed by atoms with Crippen LogP contribution in [0.15, 0.2) is 42.5 Å². The first-order chi connectivity index (χ1) is 15.3. The second-order valence-corrected chi connectivity index (χ2v) is 9.49. The van der Waals surface area contributed by atoms with Gasteiger partial charge in [0, 0.05) is 28.0 Å². The number of rotatable bonds is 7. The third kappa shape index (κ3) is 5.26. The molecule has 0 fully saturated rings. The second-order valence-electron chi connectivity index (χ2n) is 7.03. The van der Waals surface area contributed by atoms with Gasteiger partial charge in [0.2, 0.25) is 0 Å². The molecule has 5 nitrogen and oxygen atoms in total. The van der Waals surface area contributed by atoms with E-state index in [2.05, 4.69) is 4.98 Å². The summed E-state index contributed by atoms with van der Waals surface area (Å²) in [6, 6.07) is 11.5. The van der Waals surface area contributed by atoms with Crippen molar-refractivity contribution in [3.05, 3.63) is 73.7 Å². The summed E-state index contributed by atoms with van der Waals surface area (Å²) in [5, 5.41) is 1.57. The van der Waals surface area contributed by atoms with E-state index in [0.29, 0.717) is 39.6 Å². The molecule has 0 bridgehead atoms. The quantitative estimate of drug-likeness (QED) is 0.336. The van der Waals surface area contributed by atoms with Gasteiger partial charge in [-0.15, -0.1) is 11.3 Å². The molecule has 0 aliphatic carbocycles. The van der Waals surface area contributed by atoms with E-state index in [4.69, 9.17) is 34.8 Å². The molecule has 2 amide bonds. The summed E-state index contributed by atoms with van der Waals surface area (Å²) in [5.41, 5.74) is 1.17. The van der Waals surface area contributed by atoms with Crippen LogP contribution >= 0.6 is 46.1 Å². The molecule has 3 rings (SSSR count). The third-order valence-electron chi connectivity index (χ3n) is 4.79. The molecular formula is C23H22Cl3N3O2S. The van der Waals surface area contributed by atoms with Crippen LogP contribution in [0.2, 0.25) is 15.1 Å². The standard InChI is InChI=1S/C23H22Cl3N3O2S/c1-4-12-28(5-2)22(31)20-14(3)32-23(27-20)29(17-9-6-15(24)7-10-17)21(30)18-11-8-16(25)13-19(18)26/h6-11,13H,4-5,12H2,1-3H3. The summed E-state index contributed by atoms with van der Waals surface area (Å²) in [5.74, 6) is -0.537. The lowest BCUT2D eigenvalue weighted by Crippen LogP contribution is -2.32. The minimum Gasteiger partial charge on any atom is -0.338 e. The molecule has 1 heterocycles. The molecule has 2 aromatic carbocycles. The SMILES string of the molecule is CCCN(CC)C(=O)c1nc(N(C(=O)c2ccc(Cl)cc2Cl)c2ccc(Cl)cc2)sc1C. The number of carbonyl (C=O) groups is 2. The Kier molecular flexibility index (Phi) is 8.17. The van der Waals surface area contributed by atoms with Gasteiger partial charge in [-0.1, -0.05) is 41.7 Å². The number of aryl methyl sites for hydroxylation is 1. The maximum absolute atomic E-state index is 13.6. The van der Waals surface area contributed by atoms with Crippen LogP contribution in [0.25, 0.3) is 0 Å². The molecule has 0 aliphatic rings. The summed E-state index contributed by atoms with van der Waals surface area (Å²) in [6.07, 6.45) is 0.847. The van der Waals surface area contributed by atoms with Gasteiger partial charge in [-0.2, -0.15) is 0 Å². The minimum absolute atomic E-state index is 0.151. The van der Waals surface area contributed by atoms with E-state index >= 15 is 0 Å². The highest BCUT2D eigenvalue weighted by Crippen LogP contribution is 2.35. The molecule has 32 heavy (non-hydrogen) atoms. The number of anilines is 2. The monoisotopic (exact) mass is 509 g/mol. The summed E-state index contributed by atoms with van der Waals surface area (Å²) in [6.45, 7) is 7.00. The molecule has 0 unspecified atom stereocenters. The summed E-state index contributed by atoms with van der Waals surface area (Å²) in [4.78, 5) is 35.1. The molecule has 0 spiro atoms. The fourth-order valence-corrected chi connectivity index (χ4v) is 4.72. The highest BCUT2D eigenvalue weighted by atomic mass is 35.5. The zero-order chi connectivity index (χ0) is 23.4. The fraction of sp³-hybridized carbons (Fsp3) is 0.261. The molecule has 3 aromatic rings. The Labute approximate surface area is 206 Å². The molecule has 0 radical (unpaired) electrons. The van der Waals surface area contributed by atoms with E-state index in [9.17, 15) is 9.59 Å². The van der Waals surface area contributed by atoms with E-state index in [0.717, 1.165) is 11.3 Å². The molecule has 0 N–H and O–H groups in total. The summed E-state index contributed by atoms with van der Waals surface area (Å²) in [7, 11) is 0. The molecule has 0 atom stereocenters. The van der Waals surface area contributed by atoms with Gasteiger partial charge in [0.25, 0.3) is 11.8 Å². The Morgan fingerprint density at radius 2 is 1.62 bits per heavy atom. The fourth-order valence-electron chi connectivity index (χ4n) is 3.19. The Morgan fingerprint density at radius 1 is 0.969 bits per heavy atom. The van der Waals surface area contributed by atoms with E-state index in [1.54, 1.807) is 41.3 Å². The molecule has 0 saturated carbocycles. The van der Waals surface area contributed by atoms with Crippen LogP contribution in [0, 0.1) is 6.92 Å². The average Bonchev–Trinajstić information content (AvgIpc) is 3.14. The van der Waals surface area contributed by atoms with Crippen molar-refractivity contribution in [2.24, 2.45) is 0 Å². The van der Waals surface area contributed by atoms with Gasteiger partial charge >= 0.3 is 0 Å². The topological polar surface area (TPSA) is 53.5 Å². The zero-order valence-electron chi connectivity index (χ0n) is 17.9. The molecule has 168 valence electrons. The van der Waals surface area contributed by atoms with Gasteiger partial charge in [0.05, 0.1) is 16.3 Å². The van der Waals surface area contributed by atoms with Crippen LogP contribution in [-0.4, -0.2) is 34.8 Å². The zero-order valence-corrected chi connectivity index (χ0v) is 20.9. The van der Waals surface area contributed by atoms with Gasteiger partial charge in [-0.25, -0.2) is 4.98 Å². The van der Waals surface area contributed by atoms with Crippen molar-refractivity contribution < 1.29 is 9.59 Å². The van der Waals surface area contributed by atoms with Crippen LogP contribution < -0.4 is 4.90 Å². The van der Waals surface area contributed by atoms with Crippen LogP contribution in [0.1, 0.15) is 46.0 Å². The lowest BCUT2D eigenvalue weighted by atomic mass is 10.2. The number of aromatic nitrogens is 1. The van der Waals surface area contributed by atoms with Crippen LogP contribution in [0.4, 0.5) is 10.8 Å². The lowest BCUT2D eigenvalue weighted by molar-refractivity contribution is 0.0758. The number of benzene rings is 2. The highest BCUT2D eigenvalue weighted by Gasteiger charge is 2.28. The number of amides is 2. The van der Waals surface area contributed by atoms with Gasteiger partial charge in [0.15, 0.2) is 5.13 Å². The first kappa shape index (κ1) is 24.5. The normalized spacial score (nSPS) is 10.8. The summed E-state index contributed by atoms with van der Waals surface area (Å²) >= 11 is 19.6. The van der Waals surface area contributed by atoms with Crippen molar-refractivity contribution in [2.45, 2.75) is 27.2 Å². The van der Waals surface area contributed by atoms with E-state index in [1.165, 1.54) is 22.3 Å². The Hall–Kier alpha value is -2.12. The maximum Gasteiger partial charge on any atom is 0.273 e. The number of carbonyl (C=O) groups excluding carboxylic acids is 2. The molecule has 9 heteroatoms. The van der Waals surface area contributed by atoms with Crippen molar-refractivity contribution in [2.75, 3.05) is 18.0 Å². The van der Waals surface area contributed by atoms with Crippen molar-refractivity contribution in [3.8, 4) is 0 Å². The number of hydrogen-bond donors (Lipinski definition) is 0. The van der Waals surface area contributed by atoms with Crippen molar-refractivity contribution in [3.63, 3.8) is 0 Å². The van der Waals surface area contributed by atoms with E-state index in [1.807, 2.05) is 20.8 Å².